The Morgan fingerprint density at radius 1 is 1.32 bits per heavy atom. The Labute approximate surface area is 107 Å². The van der Waals surface area contributed by atoms with Crippen LogP contribution in [0.2, 0.25) is 0 Å². The van der Waals surface area contributed by atoms with Crippen molar-refractivity contribution in [3.8, 4) is 6.07 Å². The molecule has 0 bridgehead atoms. The highest BCUT2D eigenvalue weighted by molar-refractivity contribution is 5.84. The fraction of sp³-hybridized carbons (Fsp3) is 0.333. The number of benzene rings is 1. The molecule has 0 aliphatic rings. The number of hydrogen-bond acceptors (Lipinski definition) is 2. The molecule has 1 aromatic rings. The Kier molecular flexibility index (Phi) is 4.87. The maximum atomic E-state index is 13.0. The van der Waals surface area contributed by atoms with E-state index in [-0.39, 0.29) is 6.54 Å². The fourth-order valence-electron chi connectivity index (χ4n) is 1.39. The van der Waals surface area contributed by atoms with E-state index in [9.17, 15) is 22.4 Å². The van der Waals surface area contributed by atoms with Gasteiger partial charge in [0.1, 0.15) is 6.54 Å². The first kappa shape index (κ1) is 15.0. The third-order valence-corrected chi connectivity index (χ3v) is 2.32. The smallest absolute Gasteiger partial charge is 0.320 e. The van der Waals surface area contributed by atoms with E-state index >= 15 is 0 Å². The molecule has 0 N–H and O–H groups in total. The lowest BCUT2D eigenvalue weighted by molar-refractivity contribution is -0.180. The number of carbonyl (C=O) groups excluding carboxylic acids is 1. The third-order valence-electron chi connectivity index (χ3n) is 2.32. The zero-order chi connectivity index (χ0) is 14.5. The van der Waals surface area contributed by atoms with Crippen molar-refractivity contribution in [2.24, 2.45) is 0 Å². The summed E-state index contributed by atoms with van der Waals surface area (Å²) < 4.78 is 50.2. The van der Waals surface area contributed by atoms with Crippen molar-refractivity contribution in [2.45, 2.75) is 18.9 Å². The number of alkyl halides is 4. The van der Waals surface area contributed by atoms with Crippen molar-refractivity contribution in [1.82, 2.24) is 4.90 Å². The van der Waals surface area contributed by atoms with Crippen LogP contribution in [-0.4, -0.2) is 29.7 Å². The van der Waals surface area contributed by atoms with Crippen molar-refractivity contribution in [3.05, 3.63) is 35.9 Å². The maximum Gasteiger partial charge on any atom is 0.383 e. The Morgan fingerprint density at radius 3 is 2.37 bits per heavy atom. The Bertz CT molecular complexity index is 470. The summed E-state index contributed by atoms with van der Waals surface area (Å²) in [6.07, 6.45) is -4.10. The molecule has 0 heterocycles. The molecule has 0 aromatic heterocycles. The van der Waals surface area contributed by atoms with Gasteiger partial charge in [-0.1, -0.05) is 30.3 Å². The van der Waals surface area contributed by atoms with E-state index in [1.807, 2.05) is 0 Å². The van der Waals surface area contributed by atoms with Gasteiger partial charge in [-0.15, -0.1) is 0 Å². The van der Waals surface area contributed by atoms with Gasteiger partial charge in [0, 0.05) is 6.54 Å². The van der Waals surface area contributed by atoms with Crippen LogP contribution in [0.25, 0.3) is 0 Å². The van der Waals surface area contributed by atoms with Gasteiger partial charge in [-0.3, -0.25) is 4.79 Å². The van der Waals surface area contributed by atoms with Crippen LogP contribution >= 0.6 is 0 Å². The molecule has 0 saturated heterocycles. The molecule has 0 spiro atoms. The summed E-state index contributed by atoms with van der Waals surface area (Å²) in [6.45, 7) is -1.01. The average Bonchev–Trinajstić information content (AvgIpc) is 2.38. The quantitative estimate of drug-likeness (QED) is 0.611. The molecule has 0 atom stereocenters. The van der Waals surface area contributed by atoms with Crippen LogP contribution in [0, 0.1) is 11.3 Å². The molecule has 3 nitrogen and oxygen atoms in total. The number of rotatable bonds is 5. The Morgan fingerprint density at radius 2 is 1.89 bits per heavy atom. The molecule has 1 rings (SSSR count). The van der Waals surface area contributed by atoms with Crippen LogP contribution in [-0.2, 0) is 11.3 Å². The van der Waals surface area contributed by atoms with Crippen LogP contribution in [0.4, 0.5) is 17.6 Å². The highest BCUT2D eigenvalue weighted by Gasteiger charge is 2.51. The van der Waals surface area contributed by atoms with Crippen LogP contribution < -0.4 is 0 Å². The van der Waals surface area contributed by atoms with Crippen molar-refractivity contribution in [1.29, 1.82) is 5.26 Å². The van der Waals surface area contributed by atoms with Crippen LogP contribution in [0.3, 0.4) is 0 Å². The number of nitriles is 1. The summed E-state index contributed by atoms with van der Waals surface area (Å²) >= 11 is 0. The summed E-state index contributed by atoms with van der Waals surface area (Å²) in [7, 11) is 0. The van der Waals surface area contributed by atoms with E-state index in [4.69, 9.17) is 5.26 Å². The summed E-state index contributed by atoms with van der Waals surface area (Å²) in [5.41, 5.74) is 0.469. The summed E-state index contributed by atoms with van der Waals surface area (Å²) in [4.78, 5) is 11.7. The fourth-order valence-corrected chi connectivity index (χ4v) is 1.39. The lowest BCUT2D eigenvalue weighted by Gasteiger charge is -2.24. The maximum absolute atomic E-state index is 13.0. The first-order valence-electron chi connectivity index (χ1n) is 5.25. The summed E-state index contributed by atoms with van der Waals surface area (Å²) in [5, 5.41) is 8.49. The first-order valence-corrected chi connectivity index (χ1v) is 5.25. The number of carbonyl (C=O) groups is 1. The highest BCUT2D eigenvalue weighted by atomic mass is 19.3. The second-order valence-electron chi connectivity index (χ2n) is 3.73. The molecule has 102 valence electrons. The van der Waals surface area contributed by atoms with Gasteiger partial charge in [0.15, 0.2) is 0 Å². The lowest BCUT2D eigenvalue weighted by Crippen LogP contribution is -2.47. The average molecular weight is 274 g/mol. The number of halogens is 4. The standard InChI is InChI=1S/C12H10F4N2O/c13-10(14)12(15,16)11(19)18(7-6-17)8-9-4-2-1-3-5-9/h1-5,10H,7-8H2. The summed E-state index contributed by atoms with van der Waals surface area (Å²) in [6, 6.07) is 9.47. The third kappa shape index (κ3) is 3.68. The van der Waals surface area contributed by atoms with Crippen molar-refractivity contribution < 1.29 is 22.4 Å². The second-order valence-corrected chi connectivity index (χ2v) is 3.73. The number of nitrogens with zero attached hydrogens (tertiary/aromatic N) is 2. The molecule has 7 heteroatoms. The molecule has 0 radical (unpaired) electrons. The van der Waals surface area contributed by atoms with Gasteiger partial charge >= 0.3 is 12.3 Å². The second kappa shape index (κ2) is 6.18. The Balaban J connectivity index is 2.90. The van der Waals surface area contributed by atoms with Gasteiger partial charge in [-0.25, -0.2) is 8.78 Å². The van der Waals surface area contributed by atoms with E-state index in [2.05, 4.69) is 0 Å². The Hall–Kier alpha value is -2.10. The first-order chi connectivity index (χ1) is 8.89. The van der Waals surface area contributed by atoms with Crippen molar-refractivity contribution in [2.75, 3.05) is 6.54 Å². The van der Waals surface area contributed by atoms with Gasteiger partial charge in [0.05, 0.1) is 6.07 Å². The van der Waals surface area contributed by atoms with Gasteiger partial charge in [0.25, 0.3) is 5.91 Å². The topological polar surface area (TPSA) is 44.1 Å². The van der Waals surface area contributed by atoms with Gasteiger partial charge in [-0.2, -0.15) is 14.0 Å². The molecule has 0 saturated carbocycles. The molecule has 0 aliphatic carbocycles. The number of hydrogen-bond donors (Lipinski definition) is 0. The molecular weight excluding hydrogens is 264 g/mol. The molecule has 1 aromatic carbocycles. The minimum absolute atomic E-state index is 0.324. The molecule has 1 amide bonds. The van der Waals surface area contributed by atoms with Crippen LogP contribution in [0.1, 0.15) is 5.56 Å². The highest BCUT2D eigenvalue weighted by Crippen LogP contribution is 2.26. The minimum atomic E-state index is -4.79. The predicted octanol–water partition coefficient (Wildman–Crippen LogP) is 2.44. The molecule has 19 heavy (non-hydrogen) atoms. The molecule has 0 aliphatic heterocycles. The zero-order valence-electron chi connectivity index (χ0n) is 9.69. The molecular formula is C12H10F4N2O. The van der Waals surface area contributed by atoms with Crippen molar-refractivity contribution in [3.63, 3.8) is 0 Å². The normalized spacial score (nSPS) is 11.2. The van der Waals surface area contributed by atoms with E-state index in [1.165, 1.54) is 18.2 Å². The van der Waals surface area contributed by atoms with Crippen LogP contribution in [0.15, 0.2) is 30.3 Å². The minimum Gasteiger partial charge on any atom is -0.320 e. The zero-order valence-corrected chi connectivity index (χ0v) is 9.69. The van der Waals surface area contributed by atoms with Gasteiger partial charge < -0.3 is 4.90 Å². The predicted molar refractivity (Wildman–Crippen MR) is 58.4 cm³/mol. The van der Waals surface area contributed by atoms with E-state index in [0.717, 1.165) is 0 Å². The summed E-state index contributed by atoms with van der Waals surface area (Å²) in [5.74, 6) is -6.83. The SMILES string of the molecule is N#CCN(Cc1ccccc1)C(=O)C(F)(F)C(F)F. The van der Waals surface area contributed by atoms with Crippen LogP contribution in [0.5, 0.6) is 0 Å². The molecule has 0 unspecified atom stereocenters. The van der Waals surface area contributed by atoms with E-state index in [1.54, 1.807) is 18.2 Å². The van der Waals surface area contributed by atoms with Crippen molar-refractivity contribution >= 4 is 5.91 Å². The van der Waals surface area contributed by atoms with E-state index in [0.29, 0.717) is 10.5 Å². The van der Waals surface area contributed by atoms with Gasteiger partial charge in [0.2, 0.25) is 0 Å². The largest absolute Gasteiger partial charge is 0.383 e. The lowest BCUT2D eigenvalue weighted by atomic mass is 10.2. The monoisotopic (exact) mass is 274 g/mol. The van der Waals surface area contributed by atoms with E-state index < -0.39 is 24.8 Å². The molecule has 0 fully saturated rings. The number of amides is 1. The van der Waals surface area contributed by atoms with Gasteiger partial charge in [-0.05, 0) is 5.56 Å².